The monoisotopic (exact) mass is 253 g/mol. The van der Waals surface area contributed by atoms with Crippen LogP contribution in [0.5, 0.6) is 0 Å². The number of carbonyl (C=O) groups is 1. The zero-order chi connectivity index (χ0) is 13.8. The number of nitrogens with zero attached hydrogens (tertiary/aromatic N) is 2. The number of likely N-dealkylation sites (N-methyl/N-ethyl adjacent to an activating group) is 1. The molecule has 0 aromatic heterocycles. The highest BCUT2D eigenvalue weighted by atomic mass is 16.6. The zero-order valence-corrected chi connectivity index (χ0v) is 11.7. The van der Waals surface area contributed by atoms with Crippen LogP contribution in [0.4, 0.5) is 4.79 Å². The van der Waals surface area contributed by atoms with Crippen molar-refractivity contribution in [3.8, 4) is 6.07 Å². The number of carbonyl (C=O) groups excluding carboxylic acids is 1. The maximum atomic E-state index is 11.8. The van der Waals surface area contributed by atoms with Gasteiger partial charge >= 0.3 is 6.09 Å². The second-order valence-corrected chi connectivity index (χ2v) is 5.86. The smallest absolute Gasteiger partial charge is 0.408 e. The third-order valence-corrected chi connectivity index (χ3v) is 3.06. The molecule has 1 amide bonds. The number of hydrogen-bond acceptors (Lipinski definition) is 4. The Hall–Kier alpha value is -1.28. The first-order valence-corrected chi connectivity index (χ1v) is 6.41. The Morgan fingerprint density at radius 3 is 2.67 bits per heavy atom. The van der Waals surface area contributed by atoms with E-state index in [9.17, 15) is 4.79 Å². The number of rotatable bonds is 3. The molecule has 102 valence electrons. The van der Waals surface area contributed by atoms with Crippen LogP contribution < -0.4 is 5.32 Å². The van der Waals surface area contributed by atoms with Gasteiger partial charge in [0.15, 0.2) is 0 Å². The summed E-state index contributed by atoms with van der Waals surface area (Å²) in [6.45, 7) is 10.1. The van der Waals surface area contributed by atoms with Gasteiger partial charge in [0.25, 0.3) is 0 Å². The summed E-state index contributed by atoms with van der Waals surface area (Å²) in [6.07, 6.45) is 0.687. The van der Waals surface area contributed by atoms with Crippen LogP contribution >= 0.6 is 0 Å². The standard InChI is InChI=1S/C13H23N3O2/c1-5-16-9-7-13(10-16,6-8-14)15-11(17)18-12(2,3)4/h5-7,9-10H2,1-4H3,(H,15,17). The van der Waals surface area contributed by atoms with E-state index >= 15 is 0 Å². The van der Waals surface area contributed by atoms with E-state index in [0.29, 0.717) is 6.42 Å². The molecule has 1 atom stereocenters. The number of alkyl carbamates (subject to hydrolysis) is 1. The van der Waals surface area contributed by atoms with Crippen LogP contribution in [-0.4, -0.2) is 41.8 Å². The van der Waals surface area contributed by atoms with Crippen molar-refractivity contribution in [2.45, 2.75) is 51.7 Å². The SMILES string of the molecule is CCN1CCC(CC#N)(NC(=O)OC(C)(C)C)C1. The molecule has 0 spiro atoms. The summed E-state index contributed by atoms with van der Waals surface area (Å²) >= 11 is 0. The Labute approximate surface area is 109 Å². The summed E-state index contributed by atoms with van der Waals surface area (Å²) in [5.41, 5.74) is -0.964. The van der Waals surface area contributed by atoms with Gasteiger partial charge < -0.3 is 15.0 Å². The Morgan fingerprint density at radius 1 is 1.56 bits per heavy atom. The van der Waals surface area contributed by atoms with Crippen molar-refractivity contribution < 1.29 is 9.53 Å². The maximum absolute atomic E-state index is 11.8. The fraction of sp³-hybridized carbons (Fsp3) is 0.846. The zero-order valence-electron chi connectivity index (χ0n) is 11.7. The summed E-state index contributed by atoms with van der Waals surface area (Å²) in [5, 5.41) is 11.8. The average Bonchev–Trinajstić information content (AvgIpc) is 2.59. The van der Waals surface area contributed by atoms with E-state index in [0.717, 1.165) is 26.1 Å². The molecule has 0 saturated carbocycles. The predicted octanol–water partition coefficient (Wildman–Crippen LogP) is 1.89. The van der Waals surface area contributed by atoms with Gasteiger partial charge in [-0.15, -0.1) is 0 Å². The molecule has 1 saturated heterocycles. The predicted molar refractivity (Wildman–Crippen MR) is 69.1 cm³/mol. The molecular weight excluding hydrogens is 230 g/mol. The van der Waals surface area contributed by atoms with Crippen LogP contribution in [0, 0.1) is 11.3 Å². The number of amides is 1. The van der Waals surface area contributed by atoms with Crippen molar-refractivity contribution in [2.75, 3.05) is 19.6 Å². The first kappa shape index (κ1) is 14.8. The number of ether oxygens (including phenoxy) is 1. The van der Waals surface area contributed by atoms with Crippen LogP contribution in [-0.2, 0) is 4.74 Å². The number of nitrogens with one attached hydrogen (secondary N) is 1. The lowest BCUT2D eigenvalue weighted by Crippen LogP contribution is -2.51. The molecule has 1 rings (SSSR count). The van der Waals surface area contributed by atoms with Crippen molar-refractivity contribution in [1.29, 1.82) is 5.26 Å². The molecule has 1 fully saturated rings. The first-order chi connectivity index (χ1) is 8.30. The second-order valence-electron chi connectivity index (χ2n) is 5.86. The summed E-state index contributed by atoms with van der Waals surface area (Å²) in [6, 6.07) is 2.17. The van der Waals surface area contributed by atoms with E-state index in [2.05, 4.69) is 23.2 Å². The van der Waals surface area contributed by atoms with E-state index in [1.165, 1.54) is 0 Å². The number of nitriles is 1. The van der Waals surface area contributed by atoms with Gasteiger partial charge in [-0.25, -0.2) is 4.79 Å². The molecule has 18 heavy (non-hydrogen) atoms. The Morgan fingerprint density at radius 2 is 2.22 bits per heavy atom. The van der Waals surface area contributed by atoms with Crippen LogP contribution in [0.3, 0.4) is 0 Å². The third kappa shape index (κ3) is 4.19. The fourth-order valence-electron chi connectivity index (χ4n) is 2.19. The summed E-state index contributed by atoms with van der Waals surface area (Å²) < 4.78 is 5.26. The van der Waals surface area contributed by atoms with Gasteiger partial charge in [-0.1, -0.05) is 6.92 Å². The van der Waals surface area contributed by atoms with Crippen molar-refractivity contribution in [1.82, 2.24) is 10.2 Å². The van der Waals surface area contributed by atoms with E-state index in [1.54, 1.807) is 0 Å². The maximum Gasteiger partial charge on any atom is 0.408 e. The summed E-state index contributed by atoms with van der Waals surface area (Å²) in [5.74, 6) is 0. The van der Waals surface area contributed by atoms with Crippen LogP contribution in [0.2, 0.25) is 0 Å². The van der Waals surface area contributed by atoms with Crippen LogP contribution in [0.1, 0.15) is 40.5 Å². The molecule has 1 heterocycles. The van der Waals surface area contributed by atoms with Gasteiger partial charge in [0.05, 0.1) is 18.0 Å². The van der Waals surface area contributed by atoms with Gasteiger partial charge in [0.2, 0.25) is 0 Å². The van der Waals surface area contributed by atoms with Gasteiger partial charge in [-0.05, 0) is 33.7 Å². The molecule has 0 aliphatic carbocycles. The van der Waals surface area contributed by atoms with Gasteiger partial charge in [0, 0.05) is 13.1 Å². The summed E-state index contributed by atoms with van der Waals surface area (Å²) in [4.78, 5) is 14.1. The van der Waals surface area contributed by atoms with E-state index in [1.807, 2.05) is 20.8 Å². The molecule has 1 aliphatic rings. The highest BCUT2D eigenvalue weighted by Crippen LogP contribution is 2.25. The second kappa shape index (κ2) is 5.57. The summed E-state index contributed by atoms with van der Waals surface area (Å²) in [7, 11) is 0. The number of hydrogen-bond donors (Lipinski definition) is 1. The average molecular weight is 253 g/mol. The lowest BCUT2D eigenvalue weighted by molar-refractivity contribution is 0.0459. The molecule has 0 aromatic carbocycles. The normalized spacial score (nSPS) is 24.6. The first-order valence-electron chi connectivity index (χ1n) is 6.41. The molecule has 1 aliphatic heterocycles. The van der Waals surface area contributed by atoms with Crippen molar-refractivity contribution in [3.05, 3.63) is 0 Å². The largest absolute Gasteiger partial charge is 0.444 e. The minimum Gasteiger partial charge on any atom is -0.444 e. The molecule has 0 aromatic rings. The lowest BCUT2D eigenvalue weighted by atomic mass is 9.95. The molecule has 0 bridgehead atoms. The third-order valence-electron chi connectivity index (χ3n) is 3.06. The quantitative estimate of drug-likeness (QED) is 0.834. The van der Waals surface area contributed by atoms with E-state index in [4.69, 9.17) is 10.00 Å². The van der Waals surface area contributed by atoms with Gasteiger partial charge in [-0.2, -0.15) is 5.26 Å². The van der Waals surface area contributed by atoms with Crippen molar-refractivity contribution in [2.24, 2.45) is 0 Å². The van der Waals surface area contributed by atoms with Crippen molar-refractivity contribution in [3.63, 3.8) is 0 Å². The molecule has 1 unspecified atom stereocenters. The minimum atomic E-state index is -0.513. The molecular formula is C13H23N3O2. The van der Waals surface area contributed by atoms with E-state index in [-0.39, 0.29) is 0 Å². The van der Waals surface area contributed by atoms with Gasteiger partial charge in [-0.3, -0.25) is 0 Å². The van der Waals surface area contributed by atoms with Crippen LogP contribution in [0.25, 0.3) is 0 Å². The topological polar surface area (TPSA) is 65.4 Å². The Bertz CT molecular complexity index is 343. The molecule has 0 radical (unpaired) electrons. The van der Waals surface area contributed by atoms with E-state index < -0.39 is 17.2 Å². The fourth-order valence-corrected chi connectivity index (χ4v) is 2.19. The Balaban J connectivity index is 2.65. The minimum absolute atomic E-state index is 0.322. The Kier molecular flexibility index (Phi) is 4.58. The van der Waals surface area contributed by atoms with Gasteiger partial charge in [0.1, 0.15) is 5.60 Å². The van der Waals surface area contributed by atoms with Crippen molar-refractivity contribution >= 4 is 6.09 Å². The molecule has 1 N–H and O–H groups in total. The number of likely N-dealkylation sites (tertiary alicyclic amines) is 1. The highest BCUT2D eigenvalue weighted by Gasteiger charge is 2.39. The molecule has 5 nitrogen and oxygen atoms in total. The highest BCUT2D eigenvalue weighted by molar-refractivity contribution is 5.69. The van der Waals surface area contributed by atoms with Crippen LogP contribution in [0.15, 0.2) is 0 Å². The lowest BCUT2D eigenvalue weighted by Gasteiger charge is -2.30. The molecule has 5 heteroatoms.